The SMILES string of the molecule is CC(CN1CCN(S(=O)(=O)c2ccc(Cl)c(Cl)c2)CC1)Nc1ncnc2c(Cl)cccc12. The summed E-state index contributed by atoms with van der Waals surface area (Å²) in [5.74, 6) is 0.728. The molecule has 0 aliphatic carbocycles. The van der Waals surface area contributed by atoms with Gasteiger partial charge in [-0.15, -0.1) is 0 Å². The molecule has 1 aromatic heterocycles. The Hall–Kier alpha value is -1.68. The van der Waals surface area contributed by atoms with E-state index in [4.69, 9.17) is 34.8 Å². The molecule has 0 amide bonds. The number of benzene rings is 2. The third-order valence-electron chi connectivity index (χ3n) is 5.39. The van der Waals surface area contributed by atoms with Gasteiger partial charge in [0.05, 0.1) is 25.5 Å². The third-order valence-corrected chi connectivity index (χ3v) is 8.33. The van der Waals surface area contributed by atoms with Gasteiger partial charge in [0, 0.05) is 44.2 Å². The van der Waals surface area contributed by atoms with Crippen LogP contribution in [-0.2, 0) is 10.0 Å². The standard InChI is InChI=1S/C21H22Cl3N5O2S/c1-14(27-21-16-3-2-4-18(23)20(16)25-13-26-21)12-28-7-9-29(10-8-28)32(30,31)15-5-6-17(22)19(24)11-15/h2-6,11,13-14H,7-10,12H2,1H3,(H,25,26,27). The lowest BCUT2D eigenvalue weighted by molar-refractivity contribution is 0.184. The molecule has 0 bridgehead atoms. The molecule has 2 aromatic carbocycles. The van der Waals surface area contributed by atoms with Gasteiger partial charge in [-0.2, -0.15) is 4.31 Å². The number of nitrogens with one attached hydrogen (secondary N) is 1. The van der Waals surface area contributed by atoms with Gasteiger partial charge in [-0.05, 0) is 37.3 Å². The predicted molar refractivity (Wildman–Crippen MR) is 129 cm³/mol. The fraction of sp³-hybridized carbons (Fsp3) is 0.333. The first-order valence-corrected chi connectivity index (χ1v) is 12.7. The minimum absolute atomic E-state index is 0.0883. The number of fused-ring (bicyclic) bond motifs is 1. The first kappa shape index (κ1) is 23.5. The summed E-state index contributed by atoms with van der Waals surface area (Å²) in [4.78, 5) is 11.0. The van der Waals surface area contributed by atoms with Gasteiger partial charge in [0.15, 0.2) is 0 Å². The average Bonchev–Trinajstić information content (AvgIpc) is 2.76. The minimum atomic E-state index is -3.61. The van der Waals surface area contributed by atoms with Crippen LogP contribution in [0.15, 0.2) is 47.6 Å². The van der Waals surface area contributed by atoms with Crippen LogP contribution in [0.25, 0.3) is 10.9 Å². The highest BCUT2D eigenvalue weighted by Crippen LogP contribution is 2.28. The molecular formula is C21H22Cl3N5O2S. The topological polar surface area (TPSA) is 78.4 Å². The van der Waals surface area contributed by atoms with Crippen molar-refractivity contribution >= 4 is 61.5 Å². The Morgan fingerprint density at radius 1 is 1.00 bits per heavy atom. The number of hydrogen-bond acceptors (Lipinski definition) is 6. The second-order valence-electron chi connectivity index (χ2n) is 7.68. The highest BCUT2D eigenvalue weighted by molar-refractivity contribution is 7.89. The molecule has 1 atom stereocenters. The van der Waals surface area contributed by atoms with E-state index in [0.717, 1.165) is 17.7 Å². The van der Waals surface area contributed by atoms with Crippen molar-refractivity contribution in [2.24, 2.45) is 0 Å². The number of aromatic nitrogens is 2. The maximum atomic E-state index is 12.9. The van der Waals surface area contributed by atoms with Gasteiger partial charge in [0.1, 0.15) is 12.1 Å². The Kier molecular flexibility index (Phi) is 7.09. The normalized spacial score (nSPS) is 16.9. The van der Waals surface area contributed by atoms with Crippen LogP contribution < -0.4 is 5.32 Å². The lowest BCUT2D eigenvalue weighted by atomic mass is 10.2. The smallest absolute Gasteiger partial charge is 0.243 e. The molecule has 1 saturated heterocycles. The maximum Gasteiger partial charge on any atom is 0.243 e. The van der Waals surface area contributed by atoms with E-state index in [-0.39, 0.29) is 16.0 Å². The van der Waals surface area contributed by atoms with E-state index in [1.807, 2.05) is 12.1 Å². The first-order chi connectivity index (χ1) is 15.3. The minimum Gasteiger partial charge on any atom is -0.366 e. The van der Waals surface area contributed by atoms with Crippen LogP contribution in [-0.4, -0.2) is 66.4 Å². The van der Waals surface area contributed by atoms with Crippen LogP contribution in [0, 0.1) is 0 Å². The zero-order valence-electron chi connectivity index (χ0n) is 17.3. The van der Waals surface area contributed by atoms with Crippen molar-refractivity contribution in [1.29, 1.82) is 0 Å². The number of hydrogen-bond donors (Lipinski definition) is 1. The van der Waals surface area contributed by atoms with Crippen LogP contribution >= 0.6 is 34.8 Å². The molecule has 2 heterocycles. The molecule has 1 aliphatic rings. The molecule has 4 rings (SSSR count). The van der Waals surface area contributed by atoms with Gasteiger partial charge in [-0.1, -0.05) is 40.9 Å². The molecule has 11 heteroatoms. The first-order valence-electron chi connectivity index (χ1n) is 10.1. The zero-order chi connectivity index (χ0) is 22.9. The summed E-state index contributed by atoms with van der Waals surface area (Å²) in [6.45, 7) is 4.87. The maximum absolute atomic E-state index is 12.9. The second kappa shape index (κ2) is 9.67. The van der Waals surface area contributed by atoms with Crippen molar-refractivity contribution in [3.05, 3.63) is 57.8 Å². The number of piperazine rings is 1. The molecule has 1 aliphatic heterocycles. The molecule has 0 saturated carbocycles. The molecule has 3 aromatic rings. The molecule has 1 N–H and O–H groups in total. The largest absolute Gasteiger partial charge is 0.366 e. The number of halogens is 3. The van der Waals surface area contributed by atoms with E-state index >= 15 is 0 Å². The van der Waals surface area contributed by atoms with E-state index in [1.165, 1.54) is 28.8 Å². The quantitative estimate of drug-likeness (QED) is 0.525. The monoisotopic (exact) mass is 513 g/mol. The highest BCUT2D eigenvalue weighted by atomic mass is 35.5. The van der Waals surface area contributed by atoms with Crippen LogP contribution in [0.1, 0.15) is 6.92 Å². The number of rotatable bonds is 6. The average molecular weight is 515 g/mol. The Bertz CT molecular complexity index is 1230. The molecular weight excluding hydrogens is 493 g/mol. The Morgan fingerprint density at radius 3 is 2.47 bits per heavy atom. The van der Waals surface area contributed by atoms with Crippen LogP contribution in [0.4, 0.5) is 5.82 Å². The Labute approximate surface area is 202 Å². The summed E-state index contributed by atoms with van der Waals surface area (Å²) in [6, 6.07) is 10.1. The van der Waals surface area contributed by atoms with Crippen molar-refractivity contribution in [3.8, 4) is 0 Å². The van der Waals surface area contributed by atoms with Gasteiger partial charge in [0.2, 0.25) is 10.0 Å². The van der Waals surface area contributed by atoms with Gasteiger partial charge in [0.25, 0.3) is 0 Å². The number of sulfonamides is 1. The van der Waals surface area contributed by atoms with Crippen molar-refractivity contribution in [2.45, 2.75) is 17.9 Å². The van der Waals surface area contributed by atoms with E-state index < -0.39 is 10.0 Å². The summed E-state index contributed by atoms with van der Waals surface area (Å²) in [6.07, 6.45) is 1.50. The van der Waals surface area contributed by atoms with Crippen LogP contribution in [0.3, 0.4) is 0 Å². The molecule has 1 unspecified atom stereocenters. The van der Waals surface area contributed by atoms with Gasteiger partial charge < -0.3 is 5.32 Å². The number of nitrogens with zero attached hydrogens (tertiary/aromatic N) is 4. The van der Waals surface area contributed by atoms with Crippen LogP contribution in [0.5, 0.6) is 0 Å². The summed E-state index contributed by atoms with van der Waals surface area (Å²) in [5, 5.41) is 5.43. The van der Waals surface area contributed by atoms with Gasteiger partial charge in [-0.3, -0.25) is 4.90 Å². The second-order valence-corrected chi connectivity index (χ2v) is 10.8. The molecule has 7 nitrogen and oxygen atoms in total. The molecule has 1 fully saturated rings. The van der Waals surface area contributed by atoms with E-state index in [2.05, 4.69) is 27.1 Å². The highest BCUT2D eigenvalue weighted by Gasteiger charge is 2.29. The third kappa shape index (κ3) is 4.95. The van der Waals surface area contributed by atoms with Crippen LogP contribution in [0.2, 0.25) is 15.1 Å². The van der Waals surface area contributed by atoms with Gasteiger partial charge >= 0.3 is 0 Å². The summed E-state index contributed by atoms with van der Waals surface area (Å²) in [7, 11) is -3.61. The number of anilines is 1. The molecule has 32 heavy (non-hydrogen) atoms. The lowest BCUT2D eigenvalue weighted by Gasteiger charge is -2.35. The Balaban J connectivity index is 1.37. The van der Waals surface area contributed by atoms with Crippen molar-refractivity contribution < 1.29 is 8.42 Å². The molecule has 170 valence electrons. The van der Waals surface area contributed by atoms with E-state index in [0.29, 0.717) is 41.7 Å². The van der Waals surface area contributed by atoms with E-state index in [9.17, 15) is 8.42 Å². The predicted octanol–water partition coefficient (Wildman–Crippen LogP) is 4.40. The summed E-state index contributed by atoms with van der Waals surface area (Å²) >= 11 is 18.2. The number of para-hydroxylation sites is 1. The van der Waals surface area contributed by atoms with E-state index in [1.54, 1.807) is 6.07 Å². The Morgan fingerprint density at radius 2 is 1.75 bits per heavy atom. The summed E-state index contributed by atoms with van der Waals surface area (Å²) < 4.78 is 27.4. The summed E-state index contributed by atoms with van der Waals surface area (Å²) in [5.41, 5.74) is 0.708. The lowest BCUT2D eigenvalue weighted by Crippen LogP contribution is -2.50. The molecule has 0 spiro atoms. The molecule has 0 radical (unpaired) electrons. The fourth-order valence-corrected chi connectivity index (χ4v) is 5.81. The zero-order valence-corrected chi connectivity index (χ0v) is 20.4. The van der Waals surface area contributed by atoms with Gasteiger partial charge in [-0.25, -0.2) is 18.4 Å². The van der Waals surface area contributed by atoms with Crippen molar-refractivity contribution in [3.63, 3.8) is 0 Å². The van der Waals surface area contributed by atoms with Crippen molar-refractivity contribution in [1.82, 2.24) is 19.2 Å². The van der Waals surface area contributed by atoms with Crippen molar-refractivity contribution in [2.75, 3.05) is 38.0 Å². The fourth-order valence-electron chi connectivity index (χ4n) is 3.77.